The Morgan fingerprint density at radius 1 is 1.43 bits per heavy atom. The molecule has 8 heteroatoms. The van der Waals surface area contributed by atoms with Gasteiger partial charge in [-0.25, -0.2) is 0 Å². The Hall–Kier alpha value is -2.58. The topological polar surface area (TPSA) is 114 Å². The molecule has 0 spiro atoms. The Labute approximate surface area is 133 Å². The van der Waals surface area contributed by atoms with E-state index in [9.17, 15) is 15.2 Å². The van der Waals surface area contributed by atoms with Gasteiger partial charge in [0.25, 0.3) is 5.69 Å². The van der Waals surface area contributed by atoms with E-state index in [0.29, 0.717) is 36.8 Å². The average Bonchev–Trinajstić information content (AvgIpc) is 3.02. The van der Waals surface area contributed by atoms with Gasteiger partial charge in [0.1, 0.15) is 0 Å². The Balaban J connectivity index is 1.87. The van der Waals surface area contributed by atoms with Crippen molar-refractivity contribution in [2.75, 3.05) is 6.54 Å². The molecule has 0 radical (unpaired) electrons. The lowest BCUT2D eigenvalue weighted by atomic mass is 10.2. The van der Waals surface area contributed by atoms with E-state index in [0.717, 1.165) is 6.42 Å². The molecule has 2 aromatic rings. The van der Waals surface area contributed by atoms with Crippen molar-refractivity contribution < 1.29 is 14.6 Å². The minimum atomic E-state index is -0.465. The number of benzene rings is 1. The number of nitro benzene ring substituents is 1. The van der Waals surface area contributed by atoms with Crippen molar-refractivity contribution >= 4 is 5.69 Å². The lowest BCUT2D eigenvalue weighted by Crippen LogP contribution is -2.26. The van der Waals surface area contributed by atoms with Gasteiger partial charge in [-0.3, -0.25) is 10.1 Å². The second-order valence-corrected chi connectivity index (χ2v) is 4.97. The SMILES string of the molecule is C=CCC[C@@H](O)CNCc1nc(-c2ccc([N+](=O)[O-])cc2)no1. The Morgan fingerprint density at radius 3 is 2.83 bits per heavy atom. The molecule has 0 aliphatic heterocycles. The van der Waals surface area contributed by atoms with Crippen LogP contribution < -0.4 is 5.32 Å². The lowest BCUT2D eigenvalue weighted by Gasteiger charge is -2.08. The predicted octanol–water partition coefficient (Wildman–Crippen LogP) is 2.06. The fourth-order valence-corrected chi connectivity index (χ4v) is 1.93. The van der Waals surface area contributed by atoms with Crippen LogP contribution >= 0.6 is 0 Å². The van der Waals surface area contributed by atoms with Crippen LogP contribution in [0.5, 0.6) is 0 Å². The van der Waals surface area contributed by atoms with Gasteiger partial charge in [0, 0.05) is 24.2 Å². The molecule has 1 aromatic heterocycles. The molecular weight excluding hydrogens is 300 g/mol. The highest BCUT2D eigenvalue weighted by atomic mass is 16.6. The van der Waals surface area contributed by atoms with Crippen molar-refractivity contribution in [1.29, 1.82) is 0 Å². The summed E-state index contributed by atoms with van der Waals surface area (Å²) in [6.07, 6.45) is 2.71. The third-order valence-corrected chi connectivity index (χ3v) is 3.16. The number of allylic oxidation sites excluding steroid dienone is 1. The molecule has 1 atom stereocenters. The zero-order chi connectivity index (χ0) is 16.7. The number of non-ortho nitro benzene ring substituents is 1. The molecule has 0 aliphatic rings. The molecule has 1 aromatic carbocycles. The summed E-state index contributed by atoms with van der Waals surface area (Å²) in [5.41, 5.74) is 0.643. The number of aliphatic hydroxyl groups is 1. The monoisotopic (exact) mass is 318 g/mol. The minimum Gasteiger partial charge on any atom is -0.392 e. The highest BCUT2D eigenvalue weighted by Crippen LogP contribution is 2.19. The van der Waals surface area contributed by atoms with Crippen molar-refractivity contribution in [3.8, 4) is 11.4 Å². The van der Waals surface area contributed by atoms with E-state index in [2.05, 4.69) is 22.0 Å². The Bertz CT molecular complexity index is 654. The van der Waals surface area contributed by atoms with Gasteiger partial charge in [-0.2, -0.15) is 4.98 Å². The van der Waals surface area contributed by atoms with Crippen LogP contribution in [-0.4, -0.2) is 32.8 Å². The second-order valence-electron chi connectivity index (χ2n) is 4.97. The highest BCUT2D eigenvalue weighted by Gasteiger charge is 2.11. The molecule has 1 heterocycles. The van der Waals surface area contributed by atoms with E-state index in [1.54, 1.807) is 18.2 Å². The number of nitrogens with zero attached hydrogens (tertiary/aromatic N) is 3. The van der Waals surface area contributed by atoms with Gasteiger partial charge >= 0.3 is 0 Å². The molecule has 0 amide bonds. The second kappa shape index (κ2) is 8.16. The van der Waals surface area contributed by atoms with Gasteiger partial charge in [-0.05, 0) is 25.0 Å². The number of nitro groups is 1. The van der Waals surface area contributed by atoms with Gasteiger partial charge < -0.3 is 14.9 Å². The maximum atomic E-state index is 10.6. The Morgan fingerprint density at radius 2 is 2.17 bits per heavy atom. The molecule has 0 saturated carbocycles. The summed E-state index contributed by atoms with van der Waals surface area (Å²) in [6, 6.07) is 5.91. The summed E-state index contributed by atoms with van der Waals surface area (Å²) >= 11 is 0. The number of rotatable bonds is 9. The third kappa shape index (κ3) is 4.97. The largest absolute Gasteiger partial charge is 0.392 e. The minimum absolute atomic E-state index is 0.00708. The van der Waals surface area contributed by atoms with E-state index < -0.39 is 11.0 Å². The van der Waals surface area contributed by atoms with Gasteiger partial charge in [0.05, 0.1) is 17.6 Å². The molecule has 0 aliphatic carbocycles. The van der Waals surface area contributed by atoms with Crippen LogP contribution in [0.15, 0.2) is 41.4 Å². The fourth-order valence-electron chi connectivity index (χ4n) is 1.93. The zero-order valence-electron chi connectivity index (χ0n) is 12.5. The molecule has 0 fully saturated rings. The first-order chi connectivity index (χ1) is 11.1. The summed E-state index contributed by atoms with van der Waals surface area (Å²) < 4.78 is 5.10. The number of aromatic nitrogens is 2. The number of hydrogen-bond donors (Lipinski definition) is 2. The molecule has 0 unspecified atom stereocenters. The van der Waals surface area contributed by atoms with Crippen LogP contribution in [0.3, 0.4) is 0 Å². The van der Waals surface area contributed by atoms with Crippen molar-refractivity contribution in [3.05, 3.63) is 52.9 Å². The molecule has 2 rings (SSSR count). The molecule has 8 nitrogen and oxygen atoms in total. The summed E-state index contributed by atoms with van der Waals surface area (Å²) in [7, 11) is 0. The highest BCUT2D eigenvalue weighted by molar-refractivity contribution is 5.56. The lowest BCUT2D eigenvalue weighted by molar-refractivity contribution is -0.384. The van der Waals surface area contributed by atoms with Crippen molar-refractivity contribution in [1.82, 2.24) is 15.5 Å². The van der Waals surface area contributed by atoms with E-state index in [4.69, 9.17) is 4.52 Å². The van der Waals surface area contributed by atoms with E-state index in [1.165, 1.54) is 12.1 Å². The number of aliphatic hydroxyl groups excluding tert-OH is 1. The Kier molecular flexibility index (Phi) is 5.95. The van der Waals surface area contributed by atoms with Crippen LogP contribution in [0.25, 0.3) is 11.4 Å². The van der Waals surface area contributed by atoms with Gasteiger partial charge in [0.15, 0.2) is 0 Å². The molecule has 0 saturated heterocycles. The molecular formula is C15H18N4O4. The zero-order valence-corrected chi connectivity index (χ0v) is 12.5. The van der Waals surface area contributed by atoms with Gasteiger partial charge in [-0.15, -0.1) is 6.58 Å². The fraction of sp³-hybridized carbons (Fsp3) is 0.333. The van der Waals surface area contributed by atoms with Crippen LogP contribution in [-0.2, 0) is 6.54 Å². The maximum Gasteiger partial charge on any atom is 0.269 e. The van der Waals surface area contributed by atoms with E-state index >= 15 is 0 Å². The summed E-state index contributed by atoms with van der Waals surface area (Å²) in [5, 5.41) is 27.2. The molecule has 0 bridgehead atoms. The smallest absolute Gasteiger partial charge is 0.269 e. The third-order valence-electron chi connectivity index (χ3n) is 3.16. The summed E-state index contributed by atoms with van der Waals surface area (Å²) in [5.74, 6) is 0.748. The van der Waals surface area contributed by atoms with E-state index in [1.807, 2.05) is 0 Å². The quantitative estimate of drug-likeness (QED) is 0.413. The van der Waals surface area contributed by atoms with Crippen molar-refractivity contribution in [2.24, 2.45) is 0 Å². The number of hydrogen-bond acceptors (Lipinski definition) is 7. The number of nitrogens with one attached hydrogen (secondary N) is 1. The summed E-state index contributed by atoms with van der Waals surface area (Å²) in [6.45, 7) is 4.36. The molecule has 23 heavy (non-hydrogen) atoms. The molecule has 122 valence electrons. The van der Waals surface area contributed by atoms with Gasteiger partial charge in [0.2, 0.25) is 11.7 Å². The summed E-state index contributed by atoms with van der Waals surface area (Å²) in [4.78, 5) is 14.4. The first kappa shape index (κ1) is 16.8. The molecule has 2 N–H and O–H groups in total. The average molecular weight is 318 g/mol. The normalized spacial score (nSPS) is 12.0. The van der Waals surface area contributed by atoms with Crippen LogP contribution in [0.4, 0.5) is 5.69 Å². The van der Waals surface area contributed by atoms with Crippen molar-refractivity contribution in [3.63, 3.8) is 0 Å². The van der Waals surface area contributed by atoms with Crippen LogP contribution in [0.2, 0.25) is 0 Å². The standard InChI is InChI=1S/C15H18N4O4/c1-2-3-4-13(20)9-16-10-14-17-15(18-23-14)11-5-7-12(8-6-11)19(21)22/h2,5-8,13,16,20H,1,3-4,9-10H2/t13-/m1/s1. The predicted molar refractivity (Wildman–Crippen MR) is 83.5 cm³/mol. The van der Waals surface area contributed by atoms with E-state index in [-0.39, 0.29) is 5.69 Å². The van der Waals surface area contributed by atoms with Gasteiger partial charge in [-0.1, -0.05) is 11.2 Å². The van der Waals surface area contributed by atoms with Crippen LogP contribution in [0.1, 0.15) is 18.7 Å². The maximum absolute atomic E-state index is 10.6. The first-order valence-electron chi connectivity index (χ1n) is 7.17. The van der Waals surface area contributed by atoms with Crippen LogP contribution in [0, 0.1) is 10.1 Å². The van der Waals surface area contributed by atoms with Crippen molar-refractivity contribution in [2.45, 2.75) is 25.5 Å². The first-order valence-corrected chi connectivity index (χ1v) is 7.17.